The van der Waals surface area contributed by atoms with Crippen LogP contribution in [0.15, 0.2) is 45.8 Å². The van der Waals surface area contributed by atoms with Crippen LogP contribution in [0.5, 0.6) is 11.5 Å². The van der Waals surface area contributed by atoms with Gasteiger partial charge in [-0.1, -0.05) is 17.7 Å². The molecule has 0 atom stereocenters. The number of benzene rings is 1. The minimum atomic E-state index is -0.318. The van der Waals surface area contributed by atoms with Gasteiger partial charge >= 0.3 is 0 Å². The van der Waals surface area contributed by atoms with Gasteiger partial charge in [0.25, 0.3) is 0 Å². The van der Waals surface area contributed by atoms with Crippen molar-refractivity contribution >= 4 is 11.6 Å². The molecule has 2 aromatic rings. The molecule has 1 aromatic carbocycles. The largest absolute Gasteiger partial charge is 0.493 e. The van der Waals surface area contributed by atoms with Crippen LogP contribution in [-0.4, -0.2) is 18.3 Å². The summed E-state index contributed by atoms with van der Waals surface area (Å²) in [7, 11) is 0. The van der Waals surface area contributed by atoms with E-state index < -0.39 is 0 Å². The average Bonchev–Trinajstić information content (AvgIpc) is 2.48. The lowest BCUT2D eigenvalue weighted by atomic mass is 10.3. The normalized spacial score (nSPS) is 10.4. The molecule has 1 aromatic heterocycles. The summed E-state index contributed by atoms with van der Waals surface area (Å²) >= 11 is 5.84. The SMILES string of the molecule is O=c1cc(CO)occ1OCCCOc1cccc(Cl)c1. The minimum absolute atomic E-state index is 0.120. The lowest BCUT2D eigenvalue weighted by Gasteiger charge is -2.07. The van der Waals surface area contributed by atoms with Gasteiger partial charge in [0.05, 0.1) is 13.2 Å². The molecule has 0 spiro atoms. The maximum atomic E-state index is 11.6. The molecule has 0 saturated heterocycles. The fraction of sp³-hybridized carbons (Fsp3) is 0.267. The molecule has 0 unspecified atom stereocenters. The van der Waals surface area contributed by atoms with Gasteiger partial charge in [-0.05, 0) is 18.2 Å². The monoisotopic (exact) mass is 310 g/mol. The number of aliphatic hydroxyl groups is 1. The molecule has 0 aliphatic heterocycles. The zero-order valence-corrected chi connectivity index (χ0v) is 12.0. The van der Waals surface area contributed by atoms with Crippen molar-refractivity contribution in [3.05, 3.63) is 57.6 Å². The highest BCUT2D eigenvalue weighted by Crippen LogP contribution is 2.17. The highest BCUT2D eigenvalue weighted by Gasteiger charge is 2.04. The predicted molar refractivity (Wildman–Crippen MR) is 78.0 cm³/mol. The molecule has 5 nitrogen and oxygen atoms in total. The van der Waals surface area contributed by atoms with Crippen LogP contribution in [0, 0.1) is 0 Å². The fourth-order valence-corrected chi connectivity index (χ4v) is 1.79. The van der Waals surface area contributed by atoms with E-state index in [2.05, 4.69) is 0 Å². The molecular weight excluding hydrogens is 296 g/mol. The summed E-state index contributed by atoms with van der Waals surface area (Å²) in [5, 5.41) is 9.44. The Morgan fingerprint density at radius 3 is 2.71 bits per heavy atom. The minimum Gasteiger partial charge on any atom is -0.493 e. The average molecular weight is 311 g/mol. The first kappa shape index (κ1) is 15.4. The number of ether oxygens (including phenoxy) is 2. The topological polar surface area (TPSA) is 68.9 Å². The first-order chi connectivity index (χ1) is 10.2. The van der Waals surface area contributed by atoms with Crippen LogP contribution in [-0.2, 0) is 6.61 Å². The molecule has 6 heteroatoms. The van der Waals surface area contributed by atoms with Crippen LogP contribution >= 0.6 is 11.6 Å². The number of rotatable bonds is 7. The van der Waals surface area contributed by atoms with Crippen molar-refractivity contribution in [2.24, 2.45) is 0 Å². The van der Waals surface area contributed by atoms with Gasteiger partial charge < -0.3 is 19.0 Å². The van der Waals surface area contributed by atoms with Crippen LogP contribution in [0.3, 0.4) is 0 Å². The van der Waals surface area contributed by atoms with E-state index in [1.807, 2.05) is 12.1 Å². The molecule has 1 N–H and O–H groups in total. The Labute approximate surface area is 126 Å². The zero-order chi connectivity index (χ0) is 15.1. The molecule has 0 aliphatic rings. The van der Waals surface area contributed by atoms with Crippen molar-refractivity contribution in [3.63, 3.8) is 0 Å². The summed E-state index contributed by atoms with van der Waals surface area (Å²) in [6.07, 6.45) is 1.80. The first-order valence-corrected chi connectivity index (χ1v) is 6.80. The van der Waals surface area contributed by atoms with Crippen molar-refractivity contribution in [2.45, 2.75) is 13.0 Å². The molecule has 0 fully saturated rings. The van der Waals surface area contributed by atoms with Gasteiger partial charge in [-0.3, -0.25) is 4.79 Å². The second-order valence-corrected chi connectivity index (χ2v) is 4.68. The Bertz CT molecular complexity index is 638. The summed E-state index contributed by atoms with van der Waals surface area (Å²) in [6, 6.07) is 8.33. The molecule has 0 aliphatic carbocycles. The van der Waals surface area contributed by atoms with E-state index in [1.54, 1.807) is 12.1 Å². The van der Waals surface area contributed by atoms with E-state index in [9.17, 15) is 4.79 Å². The Morgan fingerprint density at radius 2 is 2.00 bits per heavy atom. The smallest absolute Gasteiger partial charge is 0.227 e. The van der Waals surface area contributed by atoms with E-state index in [0.717, 1.165) is 0 Å². The summed E-state index contributed by atoms with van der Waals surface area (Å²) in [4.78, 5) is 11.6. The first-order valence-electron chi connectivity index (χ1n) is 6.43. The maximum Gasteiger partial charge on any atom is 0.227 e. The number of hydrogen-bond acceptors (Lipinski definition) is 5. The summed E-state index contributed by atoms with van der Waals surface area (Å²) in [5.74, 6) is 1.01. The Hall–Kier alpha value is -1.98. The van der Waals surface area contributed by atoms with Crippen molar-refractivity contribution in [1.29, 1.82) is 0 Å². The van der Waals surface area contributed by atoms with E-state index in [-0.39, 0.29) is 23.5 Å². The van der Waals surface area contributed by atoms with Gasteiger partial charge in [0.1, 0.15) is 24.4 Å². The Kier molecular flexibility index (Phi) is 5.66. The summed E-state index contributed by atoms with van der Waals surface area (Å²) in [5.41, 5.74) is -0.318. The van der Waals surface area contributed by atoms with Crippen molar-refractivity contribution < 1.29 is 19.0 Å². The van der Waals surface area contributed by atoms with E-state index in [1.165, 1.54) is 12.3 Å². The third-order valence-corrected chi connectivity index (χ3v) is 2.85. The molecule has 2 rings (SSSR count). The van der Waals surface area contributed by atoms with Gasteiger partial charge in [-0.15, -0.1) is 0 Å². The number of halogens is 1. The van der Waals surface area contributed by atoms with E-state index in [0.29, 0.717) is 30.4 Å². The van der Waals surface area contributed by atoms with Gasteiger partial charge in [-0.2, -0.15) is 0 Å². The standard InChI is InChI=1S/C15H15ClO5/c16-11-3-1-4-12(7-11)19-5-2-6-20-15-10-21-13(9-17)8-14(15)18/h1,3-4,7-8,10,17H,2,5-6,9H2. The fourth-order valence-electron chi connectivity index (χ4n) is 1.61. The van der Waals surface area contributed by atoms with E-state index in [4.69, 9.17) is 30.6 Å². The van der Waals surface area contributed by atoms with Crippen LogP contribution < -0.4 is 14.9 Å². The quantitative estimate of drug-likeness (QED) is 0.796. The molecule has 1 heterocycles. The molecule has 0 saturated carbocycles. The lowest BCUT2D eigenvalue weighted by molar-refractivity contribution is 0.228. The molecule has 0 bridgehead atoms. The summed E-state index contributed by atoms with van der Waals surface area (Å²) in [6.45, 7) is 0.452. The maximum absolute atomic E-state index is 11.6. The van der Waals surface area contributed by atoms with Crippen molar-refractivity contribution in [1.82, 2.24) is 0 Å². The second-order valence-electron chi connectivity index (χ2n) is 4.24. The highest BCUT2D eigenvalue weighted by molar-refractivity contribution is 6.30. The Morgan fingerprint density at radius 1 is 1.19 bits per heavy atom. The molecule has 0 amide bonds. The zero-order valence-electron chi connectivity index (χ0n) is 11.3. The molecule has 0 radical (unpaired) electrons. The number of hydrogen-bond donors (Lipinski definition) is 1. The van der Waals surface area contributed by atoms with Gasteiger partial charge in [0.2, 0.25) is 11.2 Å². The number of aliphatic hydroxyl groups excluding tert-OH is 1. The van der Waals surface area contributed by atoms with Crippen molar-refractivity contribution in [3.8, 4) is 11.5 Å². The van der Waals surface area contributed by atoms with Gasteiger partial charge in [0, 0.05) is 17.5 Å². The third kappa shape index (κ3) is 4.81. The van der Waals surface area contributed by atoms with Gasteiger partial charge in [-0.25, -0.2) is 0 Å². The van der Waals surface area contributed by atoms with Crippen LogP contribution in [0.25, 0.3) is 0 Å². The summed E-state index contributed by atoms with van der Waals surface area (Å²) < 4.78 is 15.8. The highest BCUT2D eigenvalue weighted by atomic mass is 35.5. The molecule has 21 heavy (non-hydrogen) atoms. The Balaban J connectivity index is 1.74. The van der Waals surface area contributed by atoms with Crippen molar-refractivity contribution in [2.75, 3.05) is 13.2 Å². The third-order valence-electron chi connectivity index (χ3n) is 2.62. The van der Waals surface area contributed by atoms with E-state index >= 15 is 0 Å². The molecule has 112 valence electrons. The van der Waals surface area contributed by atoms with Crippen LogP contribution in [0.1, 0.15) is 12.2 Å². The molecular formula is C15H15ClO5. The second kappa shape index (κ2) is 7.71. The lowest BCUT2D eigenvalue weighted by Crippen LogP contribution is -2.11. The predicted octanol–water partition coefficient (Wildman–Crippen LogP) is 2.63. The van der Waals surface area contributed by atoms with Crippen LogP contribution in [0.4, 0.5) is 0 Å². The van der Waals surface area contributed by atoms with Gasteiger partial charge in [0.15, 0.2) is 0 Å². The van der Waals surface area contributed by atoms with Crippen LogP contribution in [0.2, 0.25) is 5.02 Å².